The molecule has 0 bridgehead atoms. The first kappa shape index (κ1) is 19.5. The summed E-state index contributed by atoms with van der Waals surface area (Å²) in [6, 6.07) is 7.70. The lowest BCUT2D eigenvalue weighted by Crippen LogP contribution is -2.45. The highest BCUT2D eigenvalue weighted by Crippen LogP contribution is 2.36. The molecule has 28 heavy (non-hydrogen) atoms. The molecule has 0 radical (unpaired) electrons. The number of amides is 1. The number of thioether (sulfide) groups is 1. The normalized spacial score (nSPS) is 21.8. The second kappa shape index (κ2) is 9.13. The van der Waals surface area contributed by atoms with Gasteiger partial charge in [0.2, 0.25) is 11.0 Å². The van der Waals surface area contributed by atoms with Gasteiger partial charge in [-0.15, -0.1) is 10.2 Å². The summed E-state index contributed by atoms with van der Waals surface area (Å²) in [6.45, 7) is 1.86. The molecule has 0 unspecified atom stereocenters. The zero-order chi connectivity index (χ0) is 19.3. The molecular formula is C20H26N4O2S2. The predicted octanol–water partition coefficient (Wildman–Crippen LogP) is 4.42. The van der Waals surface area contributed by atoms with Gasteiger partial charge in [-0.2, -0.15) is 0 Å². The minimum absolute atomic E-state index is 0.225. The average molecular weight is 419 g/mol. The Morgan fingerprint density at radius 1 is 1.25 bits per heavy atom. The van der Waals surface area contributed by atoms with Gasteiger partial charge in [0.05, 0.1) is 18.6 Å². The van der Waals surface area contributed by atoms with E-state index < -0.39 is 0 Å². The van der Waals surface area contributed by atoms with Crippen LogP contribution in [0.5, 0.6) is 5.75 Å². The Bertz CT molecular complexity index is 813. The zero-order valence-electron chi connectivity index (χ0n) is 16.1. The predicted molar refractivity (Wildman–Crippen MR) is 114 cm³/mol. The quantitative estimate of drug-likeness (QED) is 0.701. The number of rotatable bonds is 6. The molecule has 1 aliphatic heterocycles. The van der Waals surface area contributed by atoms with Crippen molar-refractivity contribution < 1.29 is 9.53 Å². The van der Waals surface area contributed by atoms with Crippen molar-refractivity contribution in [3.05, 3.63) is 24.3 Å². The molecule has 1 aromatic heterocycles. The highest BCUT2D eigenvalue weighted by atomic mass is 32.2. The lowest BCUT2D eigenvalue weighted by molar-refractivity contribution is -0.131. The maximum absolute atomic E-state index is 12.7. The molecule has 0 spiro atoms. The van der Waals surface area contributed by atoms with Gasteiger partial charge in [0.15, 0.2) is 4.34 Å². The summed E-state index contributed by atoms with van der Waals surface area (Å²) in [7, 11) is 1.64. The molecule has 1 saturated heterocycles. The molecule has 1 aliphatic carbocycles. The number of methoxy groups -OCH3 is 1. The molecule has 2 aliphatic rings. The molecule has 2 atom stereocenters. The number of nitrogens with one attached hydrogen (secondary N) is 1. The molecule has 2 aromatic rings. The van der Waals surface area contributed by atoms with Gasteiger partial charge in [0, 0.05) is 13.1 Å². The van der Waals surface area contributed by atoms with Crippen LogP contribution in [-0.2, 0) is 4.79 Å². The second-order valence-corrected chi connectivity index (χ2v) is 9.62. The molecule has 6 nitrogen and oxygen atoms in total. The number of carbonyl (C=O) groups is 1. The van der Waals surface area contributed by atoms with Gasteiger partial charge in [-0.25, -0.2) is 0 Å². The van der Waals surface area contributed by atoms with Crippen molar-refractivity contribution in [1.29, 1.82) is 0 Å². The minimum atomic E-state index is 0.225. The molecule has 8 heteroatoms. The van der Waals surface area contributed by atoms with Crippen LogP contribution in [0.4, 0.5) is 10.8 Å². The molecule has 150 valence electrons. The van der Waals surface area contributed by atoms with E-state index in [1.54, 1.807) is 7.11 Å². The lowest BCUT2D eigenvalue weighted by Gasteiger charge is -2.41. The number of ether oxygens (including phenoxy) is 1. The van der Waals surface area contributed by atoms with Crippen LogP contribution in [0.2, 0.25) is 0 Å². The van der Waals surface area contributed by atoms with Gasteiger partial charge in [-0.3, -0.25) is 4.79 Å². The number of para-hydroxylation sites is 2. The third-order valence-corrected chi connectivity index (χ3v) is 7.67. The second-order valence-electron chi connectivity index (χ2n) is 7.42. The maximum atomic E-state index is 12.7. The monoisotopic (exact) mass is 418 g/mol. The van der Waals surface area contributed by atoms with Crippen molar-refractivity contribution in [2.24, 2.45) is 11.8 Å². The average Bonchev–Trinajstić information content (AvgIpc) is 3.19. The fourth-order valence-electron chi connectivity index (χ4n) is 4.22. The Balaban J connectivity index is 1.29. The largest absolute Gasteiger partial charge is 0.495 e. The fraction of sp³-hybridized carbons (Fsp3) is 0.550. The standard InChI is InChI=1S/C20H26N4O2S2/c1-26-17-9-5-4-8-16(17)21-19-22-23-20(28-19)27-13-18(25)24-11-10-14-6-2-3-7-15(14)12-24/h4-5,8-9,14-15H,2-3,6-7,10-13H2,1H3,(H,21,22)/t14-,15-/m1/s1. The van der Waals surface area contributed by atoms with Crippen LogP contribution in [0.25, 0.3) is 0 Å². The summed E-state index contributed by atoms with van der Waals surface area (Å²) in [6.07, 6.45) is 6.51. The SMILES string of the molecule is COc1ccccc1Nc1nnc(SCC(=O)N2CC[C@H]3CCCC[C@@H]3C2)s1. The Morgan fingerprint density at radius 3 is 2.93 bits per heavy atom. The van der Waals surface area contributed by atoms with Crippen LogP contribution >= 0.6 is 23.1 Å². The molecule has 1 saturated carbocycles. The van der Waals surface area contributed by atoms with E-state index in [0.717, 1.165) is 40.7 Å². The van der Waals surface area contributed by atoms with E-state index in [-0.39, 0.29) is 5.91 Å². The molecule has 1 amide bonds. The first-order valence-corrected chi connectivity index (χ1v) is 11.7. The number of hydrogen-bond donors (Lipinski definition) is 1. The third-order valence-electron chi connectivity index (χ3n) is 5.72. The van der Waals surface area contributed by atoms with E-state index in [2.05, 4.69) is 20.4 Å². The van der Waals surface area contributed by atoms with Gasteiger partial charge in [-0.05, 0) is 36.8 Å². The maximum Gasteiger partial charge on any atom is 0.233 e. The highest BCUT2D eigenvalue weighted by Gasteiger charge is 2.32. The summed E-state index contributed by atoms with van der Waals surface area (Å²) in [4.78, 5) is 14.7. The Morgan fingerprint density at radius 2 is 2.07 bits per heavy atom. The van der Waals surface area contributed by atoms with Crippen LogP contribution in [0, 0.1) is 11.8 Å². The lowest BCUT2D eigenvalue weighted by atomic mass is 9.75. The van der Waals surface area contributed by atoms with Gasteiger partial charge in [0.1, 0.15) is 5.75 Å². The Hall–Kier alpha value is -1.80. The third kappa shape index (κ3) is 4.60. The van der Waals surface area contributed by atoms with E-state index in [4.69, 9.17) is 4.74 Å². The first-order valence-electron chi connectivity index (χ1n) is 9.87. The summed E-state index contributed by atoms with van der Waals surface area (Å²) in [5, 5.41) is 12.3. The summed E-state index contributed by atoms with van der Waals surface area (Å²) < 4.78 is 6.15. The van der Waals surface area contributed by atoms with Crippen molar-refractivity contribution in [3.63, 3.8) is 0 Å². The zero-order valence-corrected chi connectivity index (χ0v) is 17.7. The Kier molecular flexibility index (Phi) is 6.36. The van der Waals surface area contributed by atoms with E-state index in [1.807, 2.05) is 24.3 Å². The number of likely N-dealkylation sites (tertiary alicyclic amines) is 1. The summed E-state index contributed by atoms with van der Waals surface area (Å²) >= 11 is 2.93. The van der Waals surface area contributed by atoms with Gasteiger partial charge < -0.3 is 15.0 Å². The van der Waals surface area contributed by atoms with Crippen molar-refractivity contribution in [3.8, 4) is 5.75 Å². The number of benzene rings is 1. The van der Waals surface area contributed by atoms with Crippen molar-refractivity contribution in [1.82, 2.24) is 15.1 Å². The Labute approximate surface area is 174 Å². The van der Waals surface area contributed by atoms with Crippen LogP contribution in [0.1, 0.15) is 32.1 Å². The van der Waals surface area contributed by atoms with Gasteiger partial charge in [0.25, 0.3) is 0 Å². The van der Waals surface area contributed by atoms with Gasteiger partial charge >= 0.3 is 0 Å². The van der Waals surface area contributed by atoms with E-state index >= 15 is 0 Å². The van der Waals surface area contributed by atoms with E-state index in [0.29, 0.717) is 10.9 Å². The number of fused-ring (bicyclic) bond motifs is 1. The minimum Gasteiger partial charge on any atom is -0.495 e. The highest BCUT2D eigenvalue weighted by molar-refractivity contribution is 8.01. The first-order chi connectivity index (χ1) is 13.7. The molecular weight excluding hydrogens is 392 g/mol. The van der Waals surface area contributed by atoms with E-state index in [1.165, 1.54) is 55.2 Å². The fourth-order valence-corrected chi connectivity index (χ4v) is 5.89. The number of hydrogen-bond acceptors (Lipinski definition) is 7. The summed E-state index contributed by atoms with van der Waals surface area (Å²) in [5.74, 6) is 2.98. The van der Waals surface area contributed by atoms with Crippen LogP contribution < -0.4 is 10.1 Å². The smallest absolute Gasteiger partial charge is 0.233 e. The van der Waals surface area contributed by atoms with Crippen molar-refractivity contribution >= 4 is 39.8 Å². The molecule has 4 rings (SSSR count). The van der Waals surface area contributed by atoms with Crippen molar-refractivity contribution in [2.45, 2.75) is 36.4 Å². The van der Waals surface area contributed by atoms with E-state index in [9.17, 15) is 4.79 Å². The molecule has 2 fully saturated rings. The molecule has 1 N–H and O–H groups in total. The molecule has 2 heterocycles. The van der Waals surface area contributed by atoms with Crippen molar-refractivity contribution in [2.75, 3.05) is 31.3 Å². The van der Waals surface area contributed by atoms with Crippen LogP contribution in [-0.4, -0.2) is 47.0 Å². The number of piperidine rings is 1. The van der Waals surface area contributed by atoms with Gasteiger partial charge in [-0.1, -0.05) is 54.5 Å². The van der Waals surface area contributed by atoms with Crippen LogP contribution in [0.15, 0.2) is 28.6 Å². The topological polar surface area (TPSA) is 67.3 Å². The number of nitrogens with zero attached hydrogens (tertiary/aromatic N) is 3. The molecule has 1 aromatic carbocycles. The number of carbonyl (C=O) groups excluding carboxylic acids is 1. The summed E-state index contributed by atoms with van der Waals surface area (Å²) in [5.41, 5.74) is 0.851. The van der Waals surface area contributed by atoms with Crippen LogP contribution in [0.3, 0.4) is 0 Å². The number of anilines is 2. The number of aromatic nitrogens is 2.